The van der Waals surface area contributed by atoms with Gasteiger partial charge in [-0.2, -0.15) is 0 Å². The molecule has 1 aromatic rings. The molecule has 1 amide bonds. The standard InChI is InChI=1S/C16H24N2O/c1-12-4-3-5-15(10-12)13(2)18-16(19)11-14-6-8-17-9-7-14/h3-5,10,13-14,17H,6-9,11H2,1-2H3,(H,18,19)/t13-/m1/s1. The smallest absolute Gasteiger partial charge is 0.220 e. The highest BCUT2D eigenvalue weighted by Crippen LogP contribution is 2.18. The second-order valence-corrected chi connectivity index (χ2v) is 5.60. The van der Waals surface area contributed by atoms with Crippen molar-refractivity contribution < 1.29 is 4.79 Å². The van der Waals surface area contributed by atoms with Gasteiger partial charge in [-0.1, -0.05) is 29.8 Å². The summed E-state index contributed by atoms with van der Waals surface area (Å²) in [5.41, 5.74) is 2.41. The first-order valence-corrected chi connectivity index (χ1v) is 7.22. The summed E-state index contributed by atoms with van der Waals surface area (Å²) in [5.74, 6) is 0.729. The predicted octanol–water partition coefficient (Wildman–Crippen LogP) is 2.56. The van der Waals surface area contributed by atoms with Gasteiger partial charge >= 0.3 is 0 Å². The first-order valence-electron chi connectivity index (χ1n) is 7.22. The van der Waals surface area contributed by atoms with E-state index in [1.165, 1.54) is 11.1 Å². The van der Waals surface area contributed by atoms with Crippen molar-refractivity contribution in [3.63, 3.8) is 0 Å². The number of carbonyl (C=O) groups is 1. The van der Waals surface area contributed by atoms with Gasteiger partial charge in [0, 0.05) is 6.42 Å². The van der Waals surface area contributed by atoms with E-state index in [9.17, 15) is 4.79 Å². The molecule has 0 radical (unpaired) electrons. The summed E-state index contributed by atoms with van der Waals surface area (Å²) >= 11 is 0. The number of carbonyl (C=O) groups excluding carboxylic acids is 1. The van der Waals surface area contributed by atoms with Gasteiger partial charge in [0.15, 0.2) is 0 Å². The molecule has 2 N–H and O–H groups in total. The molecule has 1 saturated heterocycles. The molecular weight excluding hydrogens is 236 g/mol. The van der Waals surface area contributed by atoms with E-state index in [0.717, 1.165) is 25.9 Å². The zero-order chi connectivity index (χ0) is 13.7. The highest BCUT2D eigenvalue weighted by Gasteiger charge is 2.18. The van der Waals surface area contributed by atoms with E-state index >= 15 is 0 Å². The molecule has 0 unspecified atom stereocenters. The Kier molecular flexibility index (Phi) is 4.97. The first kappa shape index (κ1) is 14.1. The van der Waals surface area contributed by atoms with Crippen LogP contribution in [0.1, 0.15) is 43.4 Å². The number of amides is 1. The maximum atomic E-state index is 12.0. The van der Waals surface area contributed by atoms with Gasteiger partial charge < -0.3 is 10.6 Å². The van der Waals surface area contributed by atoms with Gasteiger partial charge in [0.25, 0.3) is 0 Å². The van der Waals surface area contributed by atoms with Crippen LogP contribution in [0.3, 0.4) is 0 Å². The molecule has 0 spiro atoms. The second-order valence-electron chi connectivity index (χ2n) is 5.60. The van der Waals surface area contributed by atoms with Gasteiger partial charge in [-0.3, -0.25) is 4.79 Å². The van der Waals surface area contributed by atoms with Crippen LogP contribution in [0, 0.1) is 12.8 Å². The Bertz CT molecular complexity index is 425. The van der Waals surface area contributed by atoms with Crippen LogP contribution in [-0.4, -0.2) is 19.0 Å². The van der Waals surface area contributed by atoms with Crippen LogP contribution in [0.2, 0.25) is 0 Å². The summed E-state index contributed by atoms with van der Waals surface area (Å²) in [7, 11) is 0. The van der Waals surface area contributed by atoms with Crippen molar-refractivity contribution in [1.82, 2.24) is 10.6 Å². The highest BCUT2D eigenvalue weighted by molar-refractivity contribution is 5.76. The summed E-state index contributed by atoms with van der Waals surface area (Å²) in [6.07, 6.45) is 2.90. The summed E-state index contributed by atoms with van der Waals surface area (Å²) < 4.78 is 0. The average Bonchev–Trinajstić information content (AvgIpc) is 2.39. The Morgan fingerprint density at radius 2 is 2.16 bits per heavy atom. The number of piperidine rings is 1. The lowest BCUT2D eigenvalue weighted by atomic mass is 9.94. The van der Waals surface area contributed by atoms with Crippen LogP contribution in [0.15, 0.2) is 24.3 Å². The zero-order valence-corrected chi connectivity index (χ0v) is 11.9. The molecule has 1 aliphatic heterocycles. The monoisotopic (exact) mass is 260 g/mol. The van der Waals surface area contributed by atoms with E-state index in [0.29, 0.717) is 12.3 Å². The van der Waals surface area contributed by atoms with Crippen LogP contribution in [0.25, 0.3) is 0 Å². The van der Waals surface area contributed by atoms with E-state index in [1.807, 2.05) is 6.07 Å². The third kappa shape index (κ3) is 4.35. The molecule has 1 fully saturated rings. The Hall–Kier alpha value is -1.35. The van der Waals surface area contributed by atoms with E-state index in [4.69, 9.17) is 0 Å². The number of benzene rings is 1. The number of nitrogens with one attached hydrogen (secondary N) is 2. The quantitative estimate of drug-likeness (QED) is 0.873. The number of hydrogen-bond donors (Lipinski definition) is 2. The fourth-order valence-corrected chi connectivity index (χ4v) is 2.67. The Morgan fingerprint density at radius 3 is 2.84 bits per heavy atom. The van der Waals surface area contributed by atoms with Crippen molar-refractivity contribution in [1.29, 1.82) is 0 Å². The van der Waals surface area contributed by atoms with Crippen molar-refractivity contribution in [2.24, 2.45) is 5.92 Å². The Balaban J connectivity index is 1.84. The molecule has 104 valence electrons. The molecule has 1 atom stereocenters. The molecule has 3 nitrogen and oxygen atoms in total. The number of hydrogen-bond acceptors (Lipinski definition) is 2. The Morgan fingerprint density at radius 1 is 1.42 bits per heavy atom. The van der Waals surface area contributed by atoms with Gasteiger partial charge in [0.1, 0.15) is 0 Å². The van der Waals surface area contributed by atoms with Crippen molar-refractivity contribution >= 4 is 5.91 Å². The van der Waals surface area contributed by atoms with E-state index in [2.05, 4.69) is 42.7 Å². The fourth-order valence-electron chi connectivity index (χ4n) is 2.67. The van der Waals surface area contributed by atoms with Crippen molar-refractivity contribution in [3.8, 4) is 0 Å². The third-order valence-corrected chi connectivity index (χ3v) is 3.85. The van der Waals surface area contributed by atoms with Crippen molar-refractivity contribution in [2.75, 3.05) is 13.1 Å². The second kappa shape index (κ2) is 6.71. The van der Waals surface area contributed by atoms with Crippen LogP contribution in [-0.2, 0) is 4.79 Å². The average molecular weight is 260 g/mol. The summed E-state index contributed by atoms with van der Waals surface area (Å²) in [4.78, 5) is 12.0. The van der Waals surface area contributed by atoms with Crippen molar-refractivity contribution in [3.05, 3.63) is 35.4 Å². The lowest BCUT2D eigenvalue weighted by Gasteiger charge is -2.23. The minimum Gasteiger partial charge on any atom is -0.350 e. The molecule has 1 heterocycles. The molecule has 3 heteroatoms. The molecule has 19 heavy (non-hydrogen) atoms. The number of aryl methyl sites for hydroxylation is 1. The van der Waals surface area contributed by atoms with Crippen LogP contribution >= 0.6 is 0 Å². The van der Waals surface area contributed by atoms with Gasteiger partial charge in [-0.15, -0.1) is 0 Å². The minimum absolute atomic E-state index is 0.0918. The molecule has 0 aliphatic carbocycles. The molecule has 0 saturated carbocycles. The van der Waals surface area contributed by atoms with Crippen LogP contribution in [0.4, 0.5) is 0 Å². The fraction of sp³-hybridized carbons (Fsp3) is 0.562. The maximum Gasteiger partial charge on any atom is 0.220 e. The van der Waals surface area contributed by atoms with E-state index in [-0.39, 0.29) is 11.9 Å². The SMILES string of the molecule is Cc1cccc([C@@H](C)NC(=O)CC2CCNCC2)c1. The van der Waals surface area contributed by atoms with E-state index < -0.39 is 0 Å². The van der Waals surface area contributed by atoms with E-state index in [1.54, 1.807) is 0 Å². The topological polar surface area (TPSA) is 41.1 Å². The molecular formula is C16H24N2O. The Labute approximate surface area is 115 Å². The van der Waals surface area contributed by atoms with Crippen molar-refractivity contribution in [2.45, 2.75) is 39.2 Å². The first-order chi connectivity index (χ1) is 9.15. The summed E-state index contributed by atoms with van der Waals surface area (Å²) in [5, 5.41) is 6.44. The van der Waals surface area contributed by atoms with Crippen LogP contribution < -0.4 is 10.6 Å². The summed E-state index contributed by atoms with van der Waals surface area (Å²) in [6.45, 7) is 6.22. The highest BCUT2D eigenvalue weighted by atomic mass is 16.1. The normalized spacial score (nSPS) is 18.0. The minimum atomic E-state index is 0.0918. The molecule has 0 bridgehead atoms. The predicted molar refractivity (Wildman–Crippen MR) is 77.9 cm³/mol. The van der Waals surface area contributed by atoms with Gasteiger partial charge in [0.05, 0.1) is 6.04 Å². The molecule has 1 aromatic carbocycles. The van der Waals surface area contributed by atoms with Gasteiger partial charge in [-0.05, 0) is 51.3 Å². The lowest BCUT2D eigenvalue weighted by molar-refractivity contribution is -0.122. The molecule has 2 rings (SSSR count). The largest absolute Gasteiger partial charge is 0.350 e. The van der Waals surface area contributed by atoms with Gasteiger partial charge in [0.2, 0.25) is 5.91 Å². The number of rotatable bonds is 4. The molecule has 0 aromatic heterocycles. The third-order valence-electron chi connectivity index (χ3n) is 3.85. The maximum absolute atomic E-state index is 12.0. The zero-order valence-electron chi connectivity index (χ0n) is 11.9. The van der Waals surface area contributed by atoms with Gasteiger partial charge in [-0.25, -0.2) is 0 Å². The lowest BCUT2D eigenvalue weighted by Crippen LogP contribution is -2.33. The summed E-state index contributed by atoms with van der Waals surface area (Å²) in [6, 6.07) is 8.42. The van der Waals surface area contributed by atoms with Crippen LogP contribution in [0.5, 0.6) is 0 Å². The molecule has 1 aliphatic rings.